The van der Waals surface area contributed by atoms with Crippen LogP contribution in [0.5, 0.6) is 0 Å². The van der Waals surface area contributed by atoms with Gasteiger partial charge in [-0.15, -0.1) is 0 Å². The van der Waals surface area contributed by atoms with Crippen molar-refractivity contribution >= 4 is 12.0 Å². The third-order valence-electron chi connectivity index (χ3n) is 2.78. The lowest BCUT2D eigenvalue weighted by atomic mass is 10.1. The van der Waals surface area contributed by atoms with Crippen LogP contribution < -0.4 is 5.32 Å². The fraction of sp³-hybridized carbons (Fsp3) is 0.833. The summed E-state index contributed by atoms with van der Waals surface area (Å²) in [5.41, 5.74) is -0.612. The Morgan fingerprint density at radius 3 is 2.47 bits per heavy atom. The molecule has 0 aromatic carbocycles. The maximum absolute atomic E-state index is 11.8. The van der Waals surface area contributed by atoms with Gasteiger partial charge in [-0.25, -0.2) is 4.79 Å². The molecule has 3 N–H and O–H groups in total. The average Bonchev–Trinajstić information content (AvgIpc) is 2.65. The molecule has 2 amide bonds. The van der Waals surface area contributed by atoms with Crippen LogP contribution in [-0.2, 0) is 9.53 Å². The zero-order chi connectivity index (χ0) is 14.6. The van der Waals surface area contributed by atoms with E-state index in [4.69, 9.17) is 9.84 Å². The number of carbonyl (C=O) groups is 2. The maximum Gasteiger partial charge on any atom is 0.408 e. The summed E-state index contributed by atoms with van der Waals surface area (Å²) < 4.78 is 5.00. The van der Waals surface area contributed by atoms with Gasteiger partial charge in [0.2, 0.25) is 5.91 Å². The molecule has 0 unspecified atom stereocenters. The molecule has 1 aliphatic rings. The normalized spacial score (nSPS) is 23.3. The van der Waals surface area contributed by atoms with Crippen LogP contribution in [0.2, 0.25) is 0 Å². The van der Waals surface area contributed by atoms with Crippen molar-refractivity contribution in [3.63, 3.8) is 0 Å². The molecule has 1 rings (SSSR count). The summed E-state index contributed by atoms with van der Waals surface area (Å²) in [6, 6.07) is 0. The lowest BCUT2D eigenvalue weighted by Gasteiger charge is -2.20. The number of carbonyl (C=O) groups excluding carboxylic acids is 2. The molecule has 0 spiro atoms. The number of likely N-dealkylation sites (tertiary alicyclic amines) is 1. The number of β-amino-alcohol motifs (C(OH)–C–C–N with tert-alkyl or cyclic N) is 1. The van der Waals surface area contributed by atoms with E-state index < -0.39 is 17.8 Å². The van der Waals surface area contributed by atoms with Crippen molar-refractivity contribution in [1.29, 1.82) is 0 Å². The smallest absolute Gasteiger partial charge is 0.408 e. The second kappa shape index (κ2) is 6.21. The molecule has 0 saturated carbocycles. The first-order valence-electron chi connectivity index (χ1n) is 6.26. The standard InChI is InChI=1S/C12H22N2O5/c1-12(2,3)19-11(18)13-4-10(17)14-5-8(7-15)9(16)6-14/h8-9,15-16H,4-7H2,1-3H3,(H,13,18)/t8-,9-/m0/s1. The second-order valence-corrected chi connectivity index (χ2v) is 5.66. The molecule has 19 heavy (non-hydrogen) atoms. The molecule has 0 aliphatic carbocycles. The Kier molecular flexibility index (Phi) is 5.13. The maximum atomic E-state index is 11.8. The van der Waals surface area contributed by atoms with Crippen LogP contribution in [0.4, 0.5) is 4.79 Å². The molecule has 1 saturated heterocycles. The summed E-state index contributed by atoms with van der Waals surface area (Å²) in [6.07, 6.45) is -1.37. The lowest BCUT2D eigenvalue weighted by molar-refractivity contribution is -0.129. The fourth-order valence-corrected chi connectivity index (χ4v) is 1.81. The van der Waals surface area contributed by atoms with Gasteiger partial charge >= 0.3 is 6.09 Å². The zero-order valence-electron chi connectivity index (χ0n) is 11.5. The number of amides is 2. The summed E-state index contributed by atoms with van der Waals surface area (Å²) in [7, 11) is 0. The first-order chi connectivity index (χ1) is 8.73. The molecule has 1 fully saturated rings. The summed E-state index contributed by atoms with van der Waals surface area (Å²) in [6.45, 7) is 5.34. The zero-order valence-corrected chi connectivity index (χ0v) is 11.5. The van der Waals surface area contributed by atoms with Crippen molar-refractivity contribution in [2.75, 3.05) is 26.2 Å². The number of aliphatic hydroxyl groups excluding tert-OH is 2. The lowest BCUT2D eigenvalue weighted by Crippen LogP contribution is -2.41. The minimum absolute atomic E-state index is 0.162. The van der Waals surface area contributed by atoms with Crippen molar-refractivity contribution < 1.29 is 24.5 Å². The summed E-state index contributed by atoms with van der Waals surface area (Å²) in [4.78, 5) is 24.6. The van der Waals surface area contributed by atoms with Gasteiger partial charge in [0.15, 0.2) is 0 Å². The van der Waals surface area contributed by atoms with Gasteiger partial charge in [-0.1, -0.05) is 0 Å². The monoisotopic (exact) mass is 274 g/mol. The highest BCUT2D eigenvalue weighted by Crippen LogP contribution is 2.16. The SMILES string of the molecule is CC(C)(C)OC(=O)NCC(=O)N1C[C@@H](CO)[C@@H](O)C1. The highest BCUT2D eigenvalue weighted by Gasteiger charge is 2.33. The minimum Gasteiger partial charge on any atom is -0.444 e. The predicted octanol–water partition coefficient (Wildman–Crippen LogP) is -0.677. The first kappa shape index (κ1) is 15.7. The Morgan fingerprint density at radius 2 is 2.00 bits per heavy atom. The first-order valence-corrected chi connectivity index (χ1v) is 6.26. The van der Waals surface area contributed by atoms with E-state index in [9.17, 15) is 14.7 Å². The van der Waals surface area contributed by atoms with Crippen LogP contribution in [0.1, 0.15) is 20.8 Å². The number of rotatable bonds is 3. The van der Waals surface area contributed by atoms with Crippen molar-refractivity contribution in [3.8, 4) is 0 Å². The molecular formula is C12H22N2O5. The van der Waals surface area contributed by atoms with Crippen molar-refractivity contribution in [2.24, 2.45) is 5.92 Å². The molecule has 7 nitrogen and oxygen atoms in total. The Hall–Kier alpha value is -1.34. The van der Waals surface area contributed by atoms with E-state index >= 15 is 0 Å². The van der Waals surface area contributed by atoms with Crippen LogP contribution in [0.3, 0.4) is 0 Å². The Balaban J connectivity index is 2.35. The van der Waals surface area contributed by atoms with Gasteiger partial charge in [0.1, 0.15) is 12.1 Å². The molecule has 2 atom stereocenters. The van der Waals surface area contributed by atoms with Crippen LogP contribution in [0, 0.1) is 5.92 Å². The third-order valence-corrected chi connectivity index (χ3v) is 2.78. The summed E-state index contributed by atoms with van der Waals surface area (Å²) in [5, 5.41) is 20.9. The van der Waals surface area contributed by atoms with Gasteiger partial charge in [-0.05, 0) is 20.8 Å². The topological polar surface area (TPSA) is 99.1 Å². The number of hydrogen-bond acceptors (Lipinski definition) is 5. The van der Waals surface area contributed by atoms with Crippen molar-refractivity contribution in [2.45, 2.75) is 32.5 Å². The Bertz CT molecular complexity index is 340. The van der Waals surface area contributed by atoms with Gasteiger partial charge in [0, 0.05) is 19.0 Å². The van der Waals surface area contributed by atoms with Crippen LogP contribution in [0.15, 0.2) is 0 Å². The largest absolute Gasteiger partial charge is 0.444 e. The number of nitrogens with zero attached hydrogens (tertiary/aromatic N) is 1. The minimum atomic E-state index is -0.713. The molecule has 7 heteroatoms. The van der Waals surface area contributed by atoms with Gasteiger partial charge in [0.05, 0.1) is 12.7 Å². The van der Waals surface area contributed by atoms with Gasteiger partial charge in [-0.3, -0.25) is 4.79 Å². The highest BCUT2D eigenvalue weighted by molar-refractivity contribution is 5.82. The van der Waals surface area contributed by atoms with Crippen LogP contribution in [0.25, 0.3) is 0 Å². The van der Waals surface area contributed by atoms with E-state index in [2.05, 4.69) is 5.32 Å². The molecule has 1 heterocycles. The number of hydrogen-bond donors (Lipinski definition) is 3. The second-order valence-electron chi connectivity index (χ2n) is 5.66. The van der Waals surface area contributed by atoms with E-state index in [0.29, 0.717) is 6.54 Å². The van der Waals surface area contributed by atoms with Crippen LogP contribution in [-0.4, -0.2) is 65.1 Å². The molecule has 0 bridgehead atoms. The number of ether oxygens (including phenoxy) is 1. The van der Waals surface area contributed by atoms with E-state index in [-0.39, 0.29) is 31.5 Å². The summed E-state index contributed by atoms with van der Waals surface area (Å²) in [5.74, 6) is -0.619. The van der Waals surface area contributed by atoms with Gasteiger partial charge in [0.25, 0.3) is 0 Å². The van der Waals surface area contributed by atoms with E-state index in [0.717, 1.165) is 0 Å². The molecule has 1 aliphatic heterocycles. The highest BCUT2D eigenvalue weighted by atomic mass is 16.6. The number of alkyl carbamates (subject to hydrolysis) is 1. The number of aliphatic hydroxyl groups is 2. The van der Waals surface area contributed by atoms with Crippen LogP contribution >= 0.6 is 0 Å². The number of nitrogens with one attached hydrogen (secondary N) is 1. The Morgan fingerprint density at radius 1 is 1.37 bits per heavy atom. The molecule has 0 aromatic heterocycles. The predicted molar refractivity (Wildman–Crippen MR) is 67.4 cm³/mol. The Labute approximate surface area is 112 Å². The van der Waals surface area contributed by atoms with E-state index in [1.807, 2.05) is 0 Å². The van der Waals surface area contributed by atoms with E-state index in [1.54, 1.807) is 20.8 Å². The molecule has 110 valence electrons. The quantitative estimate of drug-likeness (QED) is 0.633. The van der Waals surface area contributed by atoms with Crippen molar-refractivity contribution in [1.82, 2.24) is 10.2 Å². The molecule has 0 radical (unpaired) electrons. The third kappa shape index (κ3) is 5.04. The average molecular weight is 274 g/mol. The fourth-order valence-electron chi connectivity index (χ4n) is 1.81. The summed E-state index contributed by atoms with van der Waals surface area (Å²) >= 11 is 0. The van der Waals surface area contributed by atoms with Gasteiger partial charge in [-0.2, -0.15) is 0 Å². The molecular weight excluding hydrogens is 252 g/mol. The molecule has 0 aromatic rings. The van der Waals surface area contributed by atoms with Crippen molar-refractivity contribution in [3.05, 3.63) is 0 Å². The van der Waals surface area contributed by atoms with Gasteiger partial charge < -0.3 is 25.2 Å². The van der Waals surface area contributed by atoms with E-state index in [1.165, 1.54) is 4.90 Å².